The molecular weight excluding hydrogens is 589 g/mol. The first-order valence-corrected chi connectivity index (χ1v) is 15.1. The van der Waals surface area contributed by atoms with Crippen LogP contribution in [0.25, 0.3) is 17.1 Å². The van der Waals surface area contributed by atoms with Gasteiger partial charge in [0, 0.05) is 23.0 Å². The maximum atomic E-state index is 13.2. The number of amidine groups is 1. The fourth-order valence-corrected chi connectivity index (χ4v) is 6.31. The number of carbonyl (C=O) groups excluding carboxylic acids is 1. The van der Waals surface area contributed by atoms with Gasteiger partial charge in [0.1, 0.15) is 12.1 Å². The van der Waals surface area contributed by atoms with E-state index in [0.29, 0.717) is 16.7 Å². The van der Waals surface area contributed by atoms with Crippen molar-refractivity contribution >= 4 is 28.6 Å². The van der Waals surface area contributed by atoms with Crippen LogP contribution in [0.4, 0.5) is 23.7 Å². The lowest BCUT2D eigenvalue weighted by atomic mass is 9.93. The van der Waals surface area contributed by atoms with E-state index in [9.17, 15) is 18.0 Å². The number of nitrogens with one attached hydrogen (secondary N) is 1. The molecule has 1 aliphatic rings. The lowest BCUT2D eigenvalue weighted by molar-refractivity contribution is -0.274. The Labute approximate surface area is 258 Å². The van der Waals surface area contributed by atoms with Crippen molar-refractivity contribution in [3.05, 3.63) is 89.7 Å². The first-order chi connectivity index (χ1) is 20.8. The molecule has 0 saturated carbocycles. The van der Waals surface area contributed by atoms with Crippen molar-refractivity contribution in [1.29, 1.82) is 0 Å². The van der Waals surface area contributed by atoms with Gasteiger partial charge in [0.25, 0.3) is 0 Å². The average molecular weight is 623 g/mol. The van der Waals surface area contributed by atoms with Crippen LogP contribution in [0.15, 0.2) is 78.0 Å². The second-order valence-electron chi connectivity index (χ2n) is 11.2. The molecule has 1 aromatic heterocycles. The number of thioether (sulfide) groups is 1. The van der Waals surface area contributed by atoms with Gasteiger partial charge in [-0.25, -0.2) is 14.5 Å². The monoisotopic (exact) mass is 622 g/mol. The number of amides is 2. The highest BCUT2D eigenvalue weighted by molar-refractivity contribution is 8.14. The highest BCUT2D eigenvalue weighted by Crippen LogP contribution is 2.34. The minimum Gasteiger partial charge on any atom is -0.406 e. The lowest BCUT2D eigenvalue weighted by Gasteiger charge is -2.37. The average Bonchev–Trinajstić information content (AvgIpc) is 3.44. The summed E-state index contributed by atoms with van der Waals surface area (Å²) in [4.78, 5) is 24.3. The van der Waals surface area contributed by atoms with Gasteiger partial charge in [-0.15, -0.1) is 18.3 Å². The topological polar surface area (TPSA) is 84.6 Å². The predicted molar refractivity (Wildman–Crippen MR) is 167 cm³/mol. The number of benzene rings is 3. The summed E-state index contributed by atoms with van der Waals surface area (Å²) < 4.78 is 42.7. The molecule has 2 heterocycles. The van der Waals surface area contributed by atoms with Crippen LogP contribution in [0.3, 0.4) is 0 Å². The third-order valence-corrected chi connectivity index (χ3v) is 8.39. The lowest BCUT2D eigenvalue weighted by Crippen LogP contribution is -2.44. The van der Waals surface area contributed by atoms with Crippen molar-refractivity contribution in [3.8, 4) is 22.8 Å². The zero-order valence-electron chi connectivity index (χ0n) is 25.0. The van der Waals surface area contributed by atoms with E-state index < -0.39 is 17.9 Å². The number of hydrogen-bond donors (Lipinski definition) is 1. The normalized spacial score (nSPS) is 16.7. The third-order valence-electron chi connectivity index (χ3n) is 7.40. The van der Waals surface area contributed by atoms with E-state index in [1.165, 1.54) is 35.3 Å². The number of anilines is 1. The summed E-state index contributed by atoms with van der Waals surface area (Å²) in [7, 11) is 0. The molecule has 1 unspecified atom stereocenters. The second-order valence-corrected chi connectivity index (χ2v) is 12.2. The molecule has 1 saturated heterocycles. The summed E-state index contributed by atoms with van der Waals surface area (Å²) in [6, 6.07) is 18.9. The minimum absolute atomic E-state index is 0.211. The molecule has 230 valence electrons. The zero-order valence-corrected chi connectivity index (χ0v) is 25.8. The van der Waals surface area contributed by atoms with Crippen LogP contribution in [0.1, 0.15) is 43.9 Å². The molecule has 3 aromatic carbocycles. The molecule has 0 aliphatic carbocycles. The van der Waals surface area contributed by atoms with E-state index in [4.69, 9.17) is 0 Å². The second kappa shape index (κ2) is 12.4. The van der Waals surface area contributed by atoms with Crippen LogP contribution in [0.5, 0.6) is 5.75 Å². The number of aromatic nitrogens is 3. The van der Waals surface area contributed by atoms with E-state index >= 15 is 0 Å². The Kier molecular flexibility index (Phi) is 8.73. The minimum atomic E-state index is -4.76. The highest BCUT2D eigenvalue weighted by Gasteiger charge is 2.31. The number of hydrogen-bond acceptors (Lipinski definition) is 5. The molecule has 1 aliphatic heterocycles. The fourth-order valence-electron chi connectivity index (χ4n) is 5.11. The van der Waals surface area contributed by atoms with Gasteiger partial charge in [-0.3, -0.25) is 0 Å². The van der Waals surface area contributed by atoms with E-state index in [0.717, 1.165) is 40.1 Å². The number of halogens is 3. The number of ether oxygens (including phenoxy) is 1. The van der Waals surface area contributed by atoms with Crippen LogP contribution >= 0.6 is 11.8 Å². The fraction of sp³-hybridized carbons (Fsp3) is 0.312. The number of alkyl halides is 3. The number of aryl methyl sites for hydroxylation is 2. The molecule has 0 radical (unpaired) electrons. The number of carbonyl (C=O) groups is 1. The molecule has 1 N–H and O–H groups in total. The molecular formula is C32H33F3N6O2S. The molecule has 4 aromatic rings. The molecule has 8 nitrogen and oxygen atoms in total. The van der Waals surface area contributed by atoms with Crippen LogP contribution in [-0.2, 0) is 5.54 Å². The van der Waals surface area contributed by atoms with Crippen LogP contribution < -0.4 is 15.0 Å². The standard InChI is InChI=1S/C32H33F3N6O2S/c1-20-7-6-8-21(2)27(20)41-22(3)17-18-44-30(41)37-29(42)38-31(4,5)24-11-9-23(10-12-24)28-36-19-40(39-28)25-13-15-26(16-14-25)43-32(33,34)35/h6-16,19,22H,17-18H2,1-5H3,(H,38,42). The summed E-state index contributed by atoms with van der Waals surface area (Å²) in [5.74, 6) is 1.01. The summed E-state index contributed by atoms with van der Waals surface area (Å²) in [6.45, 7) is 10.1. The molecule has 12 heteroatoms. The quantitative estimate of drug-likeness (QED) is 0.236. The Bertz CT molecular complexity index is 1650. The third kappa shape index (κ3) is 7.07. The maximum Gasteiger partial charge on any atom is 0.573 e. The zero-order chi connectivity index (χ0) is 31.6. The number of para-hydroxylation sites is 1. The van der Waals surface area contributed by atoms with Gasteiger partial charge in [0.05, 0.1) is 11.2 Å². The van der Waals surface area contributed by atoms with Crippen molar-refractivity contribution in [2.24, 2.45) is 4.99 Å². The van der Waals surface area contributed by atoms with Gasteiger partial charge >= 0.3 is 12.4 Å². The van der Waals surface area contributed by atoms with Gasteiger partial charge in [-0.1, -0.05) is 54.2 Å². The predicted octanol–water partition coefficient (Wildman–Crippen LogP) is 7.78. The van der Waals surface area contributed by atoms with Crippen molar-refractivity contribution in [2.45, 2.75) is 59.0 Å². The highest BCUT2D eigenvalue weighted by atomic mass is 32.2. The Morgan fingerprint density at radius 2 is 1.68 bits per heavy atom. The Morgan fingerprint density at radius 3 is 2.32 bits per heavy atom. The van der Waals surface area contributed by atoms with Gasteiger partial charge in [0.15, 0.2) is 11.0 Å². The van der Waals surface area contributed by atoms with Gasteiger partial charge in [-0.05, 0) is 82.0 Å². The van der Waals surface area contributed by atoms with E-state index in [1.807, 2.05) is 44.2 Å². The molecule has 2 amide bonds. The van der Waals surface area contributed by atoms with Crippen LogP contribution in [0.2, 0.25) is 0 Å². The summed E-state index contributed by atoms with van der Waals surface area (Å²) >= 11 is 1.59. The van der Waals surface area contributed by atoms with E-state index in [2.05, 4.69) is 62.9 Å². The number of urea groups is 1. The molecule has 1 fully saturated rings. The van der Waals surface area contributed by atoms with Gasteiger partial charge in [0.2, 0.25) is 0 Å². The Balaban J connectivity index is 1.29. The summed E-state index contributed by atoms with van der Waals surface area (Å²) in [6.07, 6.45) is -2.28. The number of rotatable bonds is 6. The maximum absolute atomic E-state index is 13.2. The number of aliphatic imine (C=N–C) groups is 1. The number of nitrogens with zero attached hydrogens (tertiary/aromatic N) is 5. The van der Waals surface area contributed by atoms with Crippen molar-refractivity contribution in [2.75, 3.05) is 10.7 Å². The van der Waals surface area contributed by atoms with Crippen LogP contribution in [-0.4, -0.2) is 44.1 Å². The van der Waals surface area contributed by atoms with Gasteiger partial charge < -0.3 is 15.0 Å². The first kappa shape index (κ1) is 31.1. The summed E-state index contributed by atoms with van der Waals surface area (Å²) in [5.41, 5.74) is 4.79. The Hall–Kier alpha value is -4.32. The SMILES string of the molecule is Cc1cccc(C)c1N1C(=NC(=O)NC(C)(C)c2ccc(-c3ncn(-c4ccc(OC(F)(F)F)cc4)n3)cc2)SCCC1C. The van der Waals surface area contributed by atoms with E-state index in [-0.39, 0.29) is 11.8 Å². The molecule has 1 atom stereocenters. The first-order valence-electron chi connectivity index (χ1n) is 14.1. The molecule has 5 rings (SSSR count). The van der Waals surface area contributed by atoms with Gasteiger partial charge in [-0.2, -0.15) is 4.99 Å². The molecule has 0 spiro atoms. The largest absolute Gasteiger partial charge is 0.573 e. The Morgan fingerprint density at radius 1 is 1.02 bits per heavy atom. The smallest absolute Gasteiger partial charge is 0.406 e. The van der Waals surface area contributed by atoms with Crippen LogP contribution in [0, 0.1) is 13.8 Å². The van der Waals surface area contributed by atoms with E-state index in [1.54, 1.807) is 11.8 Å². The van der Waals surface area contributed by atoms with Crippen molar-refractivity contribution in [1.82, 2.24) is 20.1 Å². The molecule has 44 heavy (non-hydrogen) atoms. The molecule has 0 bridgehead atoms. The van der Waals surface area contributed by atoms with Crippen molar-refractivity contribution < 1.29 is 22.7 Å². The summed E-state index contributed by atoms with van der Waals surface area (Å²) in [5, 5.41) is 8.20. The van der Waals surface area contributed by atoms with Crippen molar-refractivity contribution in [3.63, 3.8) is 0 Å².